The largest absolute Gasteiger partial charge is 0.491 e. The summed E-state index contributed by atoms with van der Waals surface area (Å²) in [5.74, 6) is 0.345. The number of nitrogens with zero attached hydrogens (tertiary/aromatic N) is 2. The Labute approximate surface area is 117 Å². The number of aryl methyl sites for hydroxylation is 1. The van der Waals surface area contributed by atoms with Crippen LogP contribution >= 0.6 is 0 Å². The van der Waals surface area contributed by atoms with E-state index >= 15 is 0 Å². The highest BCUT2D eigenvalue weighted by Crippen LogP contribution is 2.13. The maximum Gasteiger partial charge on any atom is 0.327 e. The van der Waals surface area contributed by atoms with Crippen LogP contribution in [0.4, 0.5) is 4.79 Å². The van der Waals surface area contributed by atoms with E-state index in [1.165, 1.54) is 4.90 Å². The minimum atomic E-state index is -0.907. The Morgan fingerprint density at radius 2 is 1.95 bits per heavy atom. The third-order valence-corrected chi connectivity index (χ3v) is 3.09. The zero-order chi connectivity index (χ0) is 14.7. The molecule has 1 aromatic carbocycles. The Morgan fingerprint density at radius 1 is 1.30 bits per heavy atom. The summed E-state index contributed by atoms with van der Waals surface area (Å²) in [5.41, 5.74) is 1.12. The maximum atomic E-state index is 11.6. The van der Waals surface area contributed by atoms with Gasteiger partial charge in [-0.3, -0.25) is 9.69 Å². The van der Waals surface area contributed by atoms with Crippen LogP contribution in [0.15, 0.2) is 24.3 Å². The summed E-state index contributed by atoms with van der Waals surface area (Å²) >= 11 is 0. The van der Waals surface area contributed by atoms with Crippen LogP contribution in [0.25, 0.3) is 0 Å². The molecule has 0 aromatic heterocycles. The number of amides is 3. The van der Waals surface area contributed by atoms with Gasteiger partial charge < -0.3 is 14.7 Å². The van der Waals surface area contributed by atoms with Gasteiger partial charge in [0, 0.05) is 7.05 Å². The average Bonchev–Trinajstić information content (AvgIpc) is 2.65. The van der Waals surface area contributed by atoms with Gasteiger partial charge in [0.25, 0.3) is 0 Å². The molecule has 3 amide bonds. The number of hydrogen-bond donors (Lipinski definition) is 1. The van der Waals surface area contributed by atoms with Crippen LogP contribution in [-0.2, 0) is 4.79 Å². The second kappa shape index (κ2) is 5.92. The zero-order valence-electron chi connectivity index (χ0n) is 11.6. The molecule has 108 valence electrons. The molecule has 1 fully saturated rings. The number of carbonyl (C=O) groups excluding carboxylic acids is 2. The molecule has 1 N–H and O–H groups in total. The molecule has 0 bridgehead atoms. The second-order valence-corrected chi connectivity index (χ2v) is 4.92. The quantitative estimate of drug-likeness (QED) is 0.802. The fraction of sp³-hybridized carbons (Fsp3) is 0.429. The molecule has 0 radical (unpaired) electrons. The number of imide groups is 1. The van der Waals surface area contributed by atoms with Crippen molar-refractivity contribution in [1.82, 2.24) is 9.80 Å². The molecule has 1 aromatic rings. The molecule has 0 saturated carbocycles. The summed E-state index contributed by atoms with van der Waals surface area (Å²) in [6.07, 6.45) is -0.907. The van der Waals surface area contributed by atoms with E-state index < -0.39 is 6.10 Å². The number of hydrogen-bond acceptors (Lipinski definition) is 4. The van der Waals surface area contributed by atoms with E-state index in [1.54, 1.807) is 7.05 Å². The van der Waals surface area contributed by atoms with Gasteiger partial charge in [-0.1, -0.05) is 17.7 Å². The van der Waals surface area contributed by atoms with E-state index in [4.69, 9.17) is 4.74 Å². The number of ether oxygens (including phenoxy) is 1. The topological polar surface area (TPSA) is 70.1 Å². The molecule has 0 aliphatic carbocycles. The van der Waals surface area contributed by atoms with Crippen molar-refractivity contribution in [2.75, 3.05) is 26.7 Å². The molecular formula is C14H18N2O4. The molecule has 1 unspecified atom stereocenters. The highest BCUT2D eigenvalue weighted by Gasteiger charge is 2.34. The Kier molecular flexibility index (Phi) is 4.24. The monoisotopic (exact) mass is 278 g/mol. The molecule has 2 rings (SSSR count). The fourth-order valence-electron chi connectivity index (χ4n) is 1.94. The van der Waals surface area contributed by atoms with Crippen molar-refractivity contribution < 1.29 is 19.4 Å². The number of likely N-dealkylation sites (N-methyl/N-ethyl adjacent to an activating group) is 1. The Morgan fingerprint density at radius 3 is 2.50 bits per heavy atom. The van der Waals surface area contributed by atoms with Gasteiger partial charge in [-0.25, -0.2) is 4.79 Å². The number of rotatable bonds is 5. The molecule has 0 spiro atoms. The van der Waals surface area contributed by atoms with Crippen LogP contribution in [0.3, 0.4) is 0 Å². The van der Waals surface area contributed by atoms with E-state index in [2.05, 4.69) is 0 Å². The summed E-state index contributed by atoms with van der Waals surface area (Å²) in [7, 11) is 1.55. The van der Waals surface area contributed by atoms with Gasteiger partial charge >= 0.3 is 6.03 Å². The number of aliphatic hydroxyl groups excluding tert-OH is 1. The SMILES string of the molecule is Cc1ccc(OCC(O)CN2C(=O)CN(C)C2=O)cc1. The van der Waals surface area contributed by atoms with Crippen LogP contribution in [0.5, 0.6) is 5.75 Å². The van der Waals surface area contributed by atoms with Crippen molar-refractivity contribution in [3.05, 3.63) is 29.8 Å². The van der Waals surface area contributed by atoms with E-state index in [-0.39, 0.29) is 31.6 Å². The molecule has 1 saturated heterocycles. The van der Waals surface area contributed by atoms with Gasteiger partial charge in [0.05, 0.1) is 6.54 Å². The van der Waals surface area contributed by atoms with E-state index in [0.29, 0.717) is 5.75 Å². The zero-order valence-corrected chi connectivity index (χ0v) is 11.6. The van der Waals surface area contributed by atoms with E-state index in [9.17, 15) is 14.7 Å². The Bertz CT molecular complexity index is 500. The van der Waals surface area contributed by atoms with Crippen molar-refractivity contribution >= 4 is 11.9 Å². The summed E-state index contributed by atoms with van der Waals surface area (Å²) < 4.78 is 5.42. The van der Waals surface area contributed by atoms with Crippen molar-refractivity contribution in [2.24, 2.45) is 0 Å². The van der Waals surface area contributed by atoms with Crippen molar-refractivity contribution in [3.63, 3.8) is 0 Å². The van der Waals surface area contributed by atoms with Crippen molar-refractivity contribution in [3.8, 4) is 5.75 Å². The molecule has 6 heteroatoms. The highest BCUT2D eigenvalue weighted by atomic mass is 16.5. The van der Waals surface area contributed by atoms with Gasteiger partial charge in [-0.2, -0.15) is 0 Å². The Balaban J connectivity index is 1.83. The molecule has 1 aliphatic rings. The highest BCUT2D eigenvalue weighted by molar-refractivity contribution is 6.01. The van der Waals surface area contributed by atoms with E-state index in [1.807, 2.05) is 31.2 Å². The molecule has 6 nitrogen and oxygen atoms in total. The lowest BCUT2D eigenvalue weighted by Crippen LogP contribution is -2.40. The number of aliphatic hydroxyl groups is 1. The van der Waals surface area contributed by atoms with Crippen LogP contribution in [0.2, 0.25) is 0 Å². The number of β-amino-alcohol motifs (C(OH)–C–C–N with tert-alkyl or cyclic N) is 1. The lowest BCUT2D eigenvalue weighted by molar-refractivity contribution is -0.126. The summed E-state index contributed by atoms with van der Waals surface area (Å²) in [6, 6.07) is 7.04. The van der Waals surface area contributed by atoms with Crippen LogP contribution in [-0.4, -0.2) is 59.7 Å². The normalized spacial score (nSPS) is 16.8. The summed E-state index contributed by atoms with van der Waals surface area (Å²) in [4.78, 5) is 25.6. The smallest absolute Gasteiger partial charge is 0.327 e. The predicted molar refractivity (Wildman–Crippen MR) is 72.4 cm³/mol. The van der Waals surface area contributed by atoms with Crippen molar-refractivity contribution in [1.29, 1.82) is 0 Å². The summed E-state index contributed by atoms with van der Waals surface area (Å²) in [6.45, 7) is 2.02. The predicted octanol–water partition coefficient (Wildman–Crippen LogP) is 0.629. The summed E-state index contributed by atoms with van der Waals surface area (Å²) in [5, 5.41) is 9.86. The third kappa shape index (κ3) is 3.27. The molecular weight excluding hydrogens is 260 g/mol. The lowest BCUT2D eigenvalue weighted by Gasteiger charge is -2.18. The first-order valence-electron chi connectivity index (χ1n) is 6.40. The minimum absolute atomic E-state index is 0.0316. The fourth-order valence-corrected chi connectivity index (χ4v) is 1.94. The number of benzene rings is 1. The van der Waals surface area contributed by atoms with Crippen LogP contribution in [0.1, 0.15) is 5.56 Å². The van der Waals surface area contributed by atoms with Crippen molar-refractivity contribution in [2.45, 2.75) is 13.0 Å². The standard InChI is InChI=1S/C14H18N2O4/c1-10-3-5-12(6-4-10)20-9-11(17)7-16-13(18)8-15(2)14(16)19/h3-6,11,17H,7-9H2,1-2H3. The Hall–Kier alpha value is -2.08. The lowest BCUT2D eigenvalue weighted by atomic mass is 10.2. The third-order valence-electron chi connectivity index (χ3n) is 3.09. The molecule has 1 heterocycles. The van der Waals surface area contributed by atoms with Crippen LogP contribution in [0, 0.1) is 6.92 Å². The molecule has 20 heavy (non-hydrogen) atoms. The molecule has 1 aliphatic heterocycles. The first-order chi connectivity index (χ1) is 9.47. The van der Waals surface area contributed by atoms with Gasteiger partial charge in [-0.05, 0) is 19.1 Å². The maximum absolute atomic E-state index is 11.6. The van der Waals surface area contributed by atoms with Gasteiger partial charge in [0.15, 0.2) is 0 Å². The molecule has 1 atom stereocenters. The minimum Gasteiger partial charge on any atom is -0.491 e. The van der Waals surface area contributed by atoms with E-state index in [0.717, 1.165) is 10.5 Å². The van der Waals surface area contributed by atoms with Crippen LogP contribution < -0.4 is 4.74 Å². The average molecular weight is 278 g/mol. The van der Waals surface area contributed by atoms with Gasteiger partial charge in [0.2, 0.25) is 5.91 Å². The van der Waals surface area contributed by atoms with Gasteiger partial charge in [0.1, 0.15) is 25.0 Å². The van der Waals surface area contributed by atoms with Gasteiger partial charge in [-0.15, -0.1) is 0 Å². The first kappa shape index (κ1) is 14.3. The second-order valence-electron chi connectivity index (χ2n) is 4.92. The number of carbonyl (C=O) groups is 2. The first-order valence-corrected chi connectivity index (χ1v) is 6.40. The number of urea groups is 1.